The van der Waals surface area contributed by atoms with Crippen LogP contribution >= 0.6 is 0 Å². The Balaban J connectivity index is 0.000000371. The maximum absolute atomic E-state index is 12.4. The van der Waals surface area contributed by atoms with E-state index in [0.717, 1.165) is 59.8 Å². The van der Waals surface area contributed by atoms with Crippen molar-refractivity contribution in [3.05, 3.63) is 41.6 Å². The average Bonchev–Trinajstić information content (AvgIpc) is 3.28. The van der Waals surface area contributed by atoms with Crippen LogP contribution in [0.5, 0.6) is 0 Å². The minimum atomic E-state index is 0.00170. The third-order valence-corrected chi connectivity index (χ3v) is 7.25. The number of aliphatic hydroxyl groups is 1. The molecule has 0 unspecified atom stereocenters. The van der Waals surface area contributed by atoms with Crippen LogP contribution in [-0.2, 0) is 0 Å². The fourth-order valence-corrected chi connectivity index (χ4v) is 4.98. The summed E-state index contributed by atoms with van der Waals surface area (Å²) in [6.07, 6.45) is 10.9. The number of anilines is 2. The topological polar surface area (TPSA) is 118 Å². The van der Waals surface area contributed by atoms with Gasteiger partial charge >= 0.3 is 0 Å². The maximum atomic E-state index is 12.4. The molecule has 6 rings (SSSR count). The SMILES string of the molecule is CC1CC(O)C1.Cc1cc(-c2cnn3c(N)cc(NC4CCCC4)nc23)ccc1C(=O)NC1CC1. The molecule has 2 heterocycles. The lowest BCUT2D eigenvalue weighted by Crippen LogP contribution is -2.26. The summed E-state index contributed by atoms with van der Waals surface area (Å²) in [4.78, 5) is 17.2. The second kappa shape index (κ2) is 9.85. The Morgan fingerprint density at radius 1 is 1.11 bits per heavy atom. The summed E-state index contributed by atoms with van der Waals surface area (Å²) < 4.78 is 1.66. The van der Waals surface area contributed by atoms with Crippen molar-refractivity contribution in [2.75, 3.05) is 11.1 Å². The van der Waals surface area contributed by atoms with Crippen LogP contribution in [0.15, 0.2) is 30.5 Å². The summed E-state index contributed by atoms with van der Waals surface area (Å²) in [5.41, 5.74) is 10.5. The number of amides is 1. The number of nitrogens with two attached hydrogens (primary N) is 1. The predicted molar refractivity (Wildman–Crippen MR) is 138 cm³/mol. The Morgan fingerprint density at radius 3 is 2.46 bits per heavy atom. The van der Waals surface area contributed by atoms with Gasteiger partial charge < -0.3 is 21.5 Å². The van der Waals surface area contributed by atoms with Crippen LogP contribution in [0.25, 0.3) is 16.8 Å². The van der Waals surface area contributed by atoms with Crippen LogP contribution in [0.1, 0.15) is 74.2 Å². The maximum Gasteiger partial charge on any atom is 0.251 e. The zero-order valence-corrected chi connectivity index (χ0v) is 20.6. The number of rotatable bonds is 5. The summed E-state index contributed by atoms with van der Waals surface area (Å²) in [6, 6.07) is 8.52. The number of fused-ring (bicyclic) bond motifs is 1. The van der Waals surface area contributed by atoms with Crippen LogP contribution in [0.2, 0.25) is 0 Å². The molecule has 1 aromatic carbocycles. The number of carbonyl (C=O) groups is 1. The van der Waals surface area contributed by atoms with Crippen molar-refractivity contribution >= 4 is 23.2 Å². The number of nitrogens with zero attached hydrogens (tertiary/aromatic N) is 3. The van der Waals surface area contributed by atoms with Gasteiger partial charge in [0.05, 0.1) is 12.3 Å². The average molecular weight is 477 g/mol. The monoisotopic (exact) mass is 476 g/mol. The summed E-state index contributed by atoms with van der Waals surface area (Å²) >= 11 is 0. The Hall–Kier alpha value is -3.13. The van der Waals surface area contributed by atoms with Crippen molar-refractivity contribution in [1.82, 2.24) is 19.9 Å². The van der Waals surface area contributed by atoms with E-state index in [1.165, 1.54) is 25.7 Å². The van der Waals surface area contributed by atoms with E-state index in [2.05, 4.69) is 22.7 Å². The second-order valence-electron chi connectivity index (χ2n) is 10.5. The largest absolute Gasteiger partial charge is 0.393 e. The van der Waals surface area contributed by atoms with E-state index in [9.17, 15) is 4.79 Å². The van der Waals surface area contributed by atoms with Crippen LogP contribution in [0.4, 0.5) is 11.6 Å². The number of nitrogens with one attached hydrogen (secondary N) is 2. The third-order valence-electron chi connectivity index (χ3n) is 7.25. The highest BCUT2D eigenvalue weighted by Gasteiger charge is 2.25. The lowest BCUT2D eigenvalue weighted by atomic mass is 9.84. The van der Waals surface area contributed by atoms with Gasteiger partial charge in [-0.15, -0.1) is 0 Å². The van der Waals surface area contributed by atoms with Crippen molar-refractivity contribution in [3.63, 3.8) is 0 Å². The number of aromatic nitrogens is 3. The molecule has 1 amide bonds. The van der Waals surface area contributed by atoms with Crippen LogP contribution < -0.4 is 16.4 Å². The smallest absolute Gasteiger partial charge is 0.251 e. The molecule has 3 aromatic rings. The molecule has 3 aliphatic rings. The standard InChI is InChI=1S/C22H26N6O.C5H10O/c1-13-10-14(6-9-17(13)22(29)26-16-7-8-16)18-12-24-28-19(23)11-20(27-21(18)28)25-15-4-2-3-5-15;1-4-2-5(6)3-4/h6,9-12,15-16H,2-5,7-8,23H2,1H3,(H,25,27)(H,26,29);4-6H,2-3H2,1H3. The van der Waals surface area contributed by atoms with Crippen molar-refractivity contribution < 1.29 is 9.90 Å². The molecule has 8 heteroatoms. The molecule has 0 atom stereocenters. The van der Waals surface area contributed by atoms with Crippen molar-refractivity contribution in [3.8, 4) is 11.1 Å². The molecule has 0 saturated heterocycles. The molecule has 2 aromatic heterocycles. The zero-order chi connectivity index (χ0) is 24.5. The molecule has 0 radical (unpaired) electrons. The molecular weight excluding hydrogens is 440 g/mol. The van der Waals surface area contributed by atoms with E-state index < -0.39 is 0 Å². The van der Waals surface area contributed by atoms with Gasteiger partial charge in [-0.25, -0.2) is 4.98 Å². The number of aliphatic hydroxyl groups excluding tert-OH is 1. The highest BCUT2D eigenvalue weighted by Crippen LogP contribution is 2.30. The minimum Gasteiger partial charge on any atom is -0.393 e. The fourth-order valence-electron chi connectivity index (χ4n) is 4.98. The second-order valence-corrected chi connectivity index (χ2v) is 10.5. The zero-order valence-electron chi connectivity index (χ0n) is 20.6. The first-order valence-corrected chi connectivity index (χ1v) is 12.9. The summed E-state index contributed by atoms with van der Waals surface area (Å²) in [5.74, 6) is 2.14. The van der Waals surface area contributed by atoms with Crippen molar-refractivity contribution in [2.45, 2.75) is 83.4 Å². The van der Waals surface area contributed by atoms with Gasteiger partial charge in [0.25, 0.3) is 5.91 Å². The number of hydrogen-bond acceptors (Lipinski definition) is 6. The van der Waals surface area contributed by atoms with Gasteiger partial charge in [0, 0.05) is 29.3 Å². The summed E-state index contributed by atoms with van der Waals surface area (Å²) in [7, 11) is 0. The van der Waals surface area contributed by atoms with Crippen molar-refractivity contribution in [2.24, 2.45) is 5.92 Å². The molecule has 3 aliphatic carbocycles. The van der Waals surface area contributed by atoms with Gasteiger partial charge in [-0.3, -0.25) is 4.79 Å². The summed E-state index contributed by atoms with van der Waals surface area (Å²) in [6.45, 7) is 4.12. The van der Waals surface area contributed by atoms with E-state index >= 15 is 0 Å². The van der Waals surface area contributed by atoms with Gasteiger partial charge in [-0.05, 0) is 68.6 Å². The Kier molecular flexibility index (Phi) is 6.65. The number of benzene rings is 1. The van der Waals surface area contributed by atoms with Crippen LogP contribution in [0.3, 0.4) is 0 Å². The number of nitrogen functional groups attached to an aromatic ring is 1. The quantitative estimate of drug-likeness (QED) is 0.436. The Bertz CT molecular complexity index is 1200. The molecule has 35 heavy (non-hydrogen) atoms. The van der Waals surface area contributed by atoms with E-state index in [-0.39, 0.29) is 12.0 Å². The normalized spacial score (nSPS) is 21.8. The third kappa shape index (κ3) is 5.42. The lowest BCUT2D eigenvalue weighted by Gasteiger charge is -2.27. The minimum absolute atomic E-state index is 0.00170. The van der Waals surface area contributed by atoms with Gasteiger partial charge in [0.2, 0.25) is 0 Å². The molecule has 0 bridgehead atoms. The first-order chi connectivity index (χ1) is 16.9. The molecule has 186 valence electrons. The van der Waals surface area contributed by atoms with Gasteiger partial charge in [0.1, 0.15) is 11.6 Å². The number of carbonyl (C=O) groups excluding carboxylic acids is 1. The van der Waals surface area contributed by atoms with E-state index in [4.69, 9.17) is 15.8 Å². The Labute approximate surface area is 206 Å². The highest BCUT2D eigenvalue weighted by atomic mass is 16.3. The molecule has 3 saturated carbocycles. The first kappa shape index (κ1) is 23.6. The molecule has 8 nitrogen and oxygen atoms in total. The van der Waals surface area contributed by atoms with E-state index in [1.807, 2.05) is 31.2 Å². The van der Waals surface area contributed by atoms with E-state index in [0.29, 0.717) is 23.5 Å². The van der Waals surface area contributed by atoms with Gasteiger partial charge in [0.15, 0.2) is 5.65 Å². The van der Waals surface area contributed by atoms with Gasteiger partial charge in [-0.1, -0.05) is 31.9 Å². The Morgan fingerprint density at radius 2 is 1.86 bits per heavy atom. The molecule has 5 N–H and O–H groups in total. The first-order valence-electron chi connectivity index (χ1n) is 12.9. The molecule has 3 fully saturated rings. The number of hydrogen-bond donors (Lipinski definition) is 4. The van der Waals surface area contributed by atoms with Gasteiger partial charge in [-0.2, -0.15) is 9.61 Å². The molecular formula is C27H36N6O2. The van der Waals surface area contributed by atoms with Crippen LogP contribution in [-0.4, -0.2) is 43.8 Å². The molecule has 0 aliphatic heterocycles. The van der Waals surface area contributed by atoms with Crippen molar-refractivity contribution in [1.29, 1.82) is 0 Å². The molecule has 0 spiro atoms. The number of aryl methyl sites for hydroxylation is 1. The van der Waals surface area contributed by atoms with E-state index in [1.54, 1.807) is 10.7 Å². The fraction of sp³-hybridized carbons (Fsp3) is 0.519. The summed E-state index contributed by atoms with van der Waals surface area (Å²) in [5, 5.41) is 19.6. The highest BCUT2D eigenvalue weighted by molar-refractivity contribution is 5.97. The van der Waals surface area contributed by atoms with Crippen LogP contribution in [0, 0.1) is 12.8 Å². The predicted octanol–water partition coefficient (Wildman–Crippen LogP) is 4.31. The lowest BCUT2D eigenvalue weighted by molar-refractivity contribution is 0.0513.